The van der Waals surface area contributed by atoms with E-state index in [0.717, 1.165) is 9.84 Å². The fourth-order valence-electron chi connectivity index (χ4n) is 2.58. The normalized spacial score (nSPS) is 12.1. The van der Waals surface area contributed by atoms with Gasteiger partial charge in [-0.1, -0.05) is 11.3 Å². The highest BCUT2D eigenvalue weighted by atomic mass is 32.1. The molecule has 0 radical (unpaired) electrons. The third kappa shape index (κ3) is 5.17. The number of ether oxygens (including phenoxy) is 1. The van der Waals surface area contributed by atoms with Gasteiger partial charge in [-0.15, -0.1) is 0 Å². The fraction of sp³-hybridized carbons (Fsp3) is 0.389. The van der Waals surface area contributed by atoms with E-state index in [1.54, 1.807) is 12.3 Å². The number of hydrogen-bond donors (Lipinski definition) is 2. The molecular weight excluding hydrogens is 383 g/mol. The predicted octanol–water partition coefficient (Wildman–Crippen LogP) is 2.32. The van der Waals surface area contributed by atoms with Gasteiger partial charge in [0.25, 0.3) is 0 Å². The van der Waals surface area contributed by atoms with Gasteiger partial charge < -0.3 is 15.4 Å². The summed E-state index contributed by atoms with van der Waals surface area (Å²) in [6.45, 7) is 2.81. The zero-order valence-corrected chi connectivity index (χ0v) is 16.4. The topological polar surface area (TPSA) is 102 Å². The summed E-state index contributed by atoms with van der Waals surface area (Å²) in [4.78, 5) is 29.1. The van der Waals surface area contributed by atoms with E-state index in [-0.39, 0.29) is 24.4 Å². The van der Waals surface area contributed by atoms with Crippen molar-refractivity contribution in [2.75, 3.05) is 19.0 Å². The number of carbonyl (C=O) groups is 1. The second kappa shape index (κ2) is 9.47. The SMILES string of the molecule is COC(=O)CC(C)NCCc1nc2c(NCc3ncccc3F)ncnc2s1. The maximum absolute atomic E-state index is 13.7. The summed E-state index contributed by atoms with van der Waals surface area (Å²) >= 11 is 1.48. The van der Waals surface area contributed by atoms with Crippen LogP contribution in [-0.2, 0) is 22.5 Å². The van der Waals surface area contributed by atoms with Gasteiger partial charge in [0.05, 0.1) is 30.8 Å². The number of fused-ring (bicyclic) bond motifs is 1. The minimum absolute atomic E-state index is 0.0205. The summed E-state index contributed by atoms with van der Waals surface area (Å²) in [5, 5.41) is 7.26. The molecule has 0 bridgehead atoms. The molecule has 0 amide bonds. The first-order chi connectivity index (χ1) is 13.6. The van der Waals surface area contributed by atoms with Gasteiger partial charge in [0.15, 0.2) is 5.82 Å². The monoisotopic (exact) mass is 404 g/mol. The van der Waals surface area contributed by atoms with E-state index in [0.29, 0.717) is 36.4 Å². The second-order valence-electron chi connectivity index (χ2n) is 6.15. The molecule has 0 saturated heterocycles. The molecule has 10 heteroatoms. The number of pyridine rings is 1. The van der Waals surface area contributed by atoms with Crippen LogP contribution in [0, 0.1) is 5.82 Å². The predicted molar refractivity (Wildman–Crippen MR) is 105 cm³/mol. The highest BCUT2D eigenvalue weighted by molar-refractivity contribution is 7.18. The molecule has 1 atom stereocenters. The maximum Gasteiger partial charge on any atom is 0.307 e. The van der Waals surface area contributed by atoms with Gasteiger partial charge in [-0.3, -0.25) is 9.78 Å². The van der Waals surface area contributed by atoms with E-state index >= 15 is 0 Å². The Morgan fingerprint density at radius 2 is 2.21 bits per heavy atom. The molecule has 0 saturated carbocycles. The number of nitrogens with one attached hydrogen (secondary N) is 2. The standard InChI is InChI=1S/C18H21FN6O2S/c1-11(8-15(26)27-2)20-7-5-14-25-16-17(23-10-24-18(16)28-14)22-9-13-12(19)4-3-6-21-13/h3-4,6,10-11,20H,5,7-9H2,1-2H3,(H,22,23,24). The van der Waals surface area contributed by atoms with Crippen molar-refractivity contribution in [2.45, 2.75) is 32.4 Å². The number of nitrogens with zero attached hydrogens (tertiary/aromatic N) is 4. The van der Waals surface area contributed by atoms with E-state index in [4.69, 9.17) is 0 Å². The highest BCUT2D eigenvalue weighted by Gasteiger charge is 2.13. The lowest BCUT2D eigenvalue weighted by atomic mass is 10.2. The average Bonchev–Trinajstić information content (AvgIpc) is 3.10. The largest absolute Gasteiger partial charge is 0.469 e. The van der Waals surface area contributed by atoms with Crippen LogP contribution in [0.5, 0.6) is 0 Å². The van der Waals surface area contributed by atoms with Crippen LogP contribution in [0.15, 0.2) is 24.7 Å². The van der Waals surface area contributed by atoms with E-state index in [1.165, 1.54) is 30.8 Å². The molecule has 0 fully saturated rings. The third-order valence-corrected chi connectivity index (χ3v) is 5.05. The summed E-state index contributed by atoms with van der Waals surface area (Å²) in [5.41, 5.74) is 0.968. The van der Waals surface area contributed by atoms with Crippen LogP contribution in [0.4, 0.5) is 10.2 Å². The lowest BCUT2D eigenvalue weighted by molar-refractivity contribution is -0.141. The number of hydrogen-bond acceptors (Lipinski definition) is 9. The first-order valence-corrected chi connectivity index (χ1v) is 9.62. The maximum atomic E-state index is 13.7. The minimum atomic E-state index is -0.369. The molecule has 3 aromatic heterocycles. The summed E-state index contributed by atoms with van der Waals surface area (Å²) < 4.78 is 18.4. The first kappa shape index (κ1) is 20.0. The Morgan fingerprint density at radius 3 is 3.00 bits per heavy atom. The minimum Gasteiger partial charge on any atom is -0.469 e. The van der Waals surface area contributed by atoms with E-state index in [9.17, 15) is 9.18 Å². The molecule has 8 nitrogen and oxygen atoms in total. The molecule has 3 heterocycles. The lowest BCUT2D eigenvalue weighted by Gasteiger charge is -2.11. The molecular formula is C18H21FN6O2S. The van der Waals surface area contributed by atoms with Crippen molar-refractivity contribution >= 4 is 33.5 Å². The van der Waals surface area contributed by atoms with Crippen molar-refractivity contribution < 1.29 is 13.9 Å². The van der Waals surface area contributed by atoms with Crippen LogP contribution in [0.25, 0.3) is 10.3 Å². The van der Waals surface area contributed by atoms with Gasteiger partial charge in [0.2, 0.25) is 0 Å². The Labute approximate surface area is 165 Å². The van der Waals surface area contributed by atoms with Crippen LogP contribution < -0.4 is 10.6 Å². The summed E-state index contributed by atoms with van der Waals surface area (Å²) in [6.07, 6.45) is 4.02. The zero-order valence-electron chi connectivity index (χ0n) is 15.6. The molecule has 148 valence electrons. The number of anilines is 1. The fourth-order valence-corrected chi connectivity index (χ4v) is 3.48. The van der Waals surface area contributed by atoms with Crippen molar-refractivity contribution in [3.8, 4) is 0 Å². The Hall–Kier alpha value is -2.72. The van der Waals surface area contributed by atoms with Crippen molar-refractivity contribution in [3.05, 3.63) is 41.2 Å². The van der Waals surface area contributed by atoms with Gasteiger partial charge in [-0.2, -0.15) is 0 Å². The molecule has 3 aromatic rings. The number of carbonyl (C=O) groups excluding carboxylic acids is 1. The van der Waals surface area contributed by atoms with E-state index < -0.39 is 0 Å². The third-order valence-electron chi connectivity index (χ3n) is 4.03. The number of thiazole rings is 1. The van der Waals surface area contributed by atoms with Crippen LogP contribution in [-0.4, -0.2) is 45.6 Å². The van der Waals surface area contributed by atoms with Crippen molar-refractivity contribution in [2.24, 2.45) is 0 Å². The molecule has 2 N–H and O–H groups in total. The molecule has 0 spiro atoms. The van der Waals surface area contributed by atoms with Gasteiger partial charge >= 0.3 is 5.97 Å². The van der Waals surface area contributed by atoms with Gasteiger partial charge in [-0.25, -0.2) is 19.3 Å². The Morgan fingerprint density at radius 1 is 1.36 bits per heavy atom. The van der Waals surface area contributed by atoms with Crippen LogP contribution in [0.1, 0.15) is 24.0 Å². The quantitative estimate of drug-likeness (QED) is 0.524. The van der Waals surface area contributed by atoms with Gasteiger partial charge in [0.1, 0.15) is 22.5 Å². The molecule has 0 aromatic carbocycles. The smallest absolute Gasteiger partial charge is 0.307 e. The molecule has 0 aliphatic carbocycles. The Balaban J connectivity index is 1.61. The van der Waals surface area contributed by atoms with E-state index in [2.05, 4.69) is 35.3 Å². The van der Waals surface area contributed by atoms with Gasteiger partial charge in [-0.05, 0) is 19.1 Å². The van der Waals surface area contributed by atoms with Crippen molar-refractivity contribution in [3.63, 3.8) is 0 Å². The lowest BCUT2D eigenvalue weighted by Crippen LogP contribution is -2.30. The molecule has 1 unspecified atom stereocenters. The van der Waals surface area contributed by atoms with Gasteiger partial charge in [0, 0.05) is 25.2 Å². The first-order valence-electron chi connectivity index (χ1n) is 8.80. The zero-order chi connectivity index (χ0) is 19.9. The molecule has 0 aliphatic rings. The van der Waals surface area contributed by atoms with E-state index in [1.807, 2.05) is 6.92 Å². The number of esters is 1. The molecule has 0 aliphatic heterocycles. The molecule has 3 rings (SSSR count). The number of halogens is 1. The molecule has 28 heavy (non-hydrogen) atoms. The number of aromatic nitrogens is 4. The van der Waals surface area contributed by atoms with Crippen LogP contribution >= 0.6 is 11.3 Å². The summed E-state index contributed by atoms with van der Waals surface area (Å²) in [5.74, 6) is -0.0636. The summed E-state index contributed by atoms with van der Waals surface area (Å²) in [7, 11) is 1.38. The Kier molecular flexibility index (Phi) is 6.77. The second-order valence-corrected chi connectivity index (χ2v) is 7.22. The van der Waals surface area contributed by atoms with Crippen molar-refractivity contribution in [1.82, 2.24) is 25.3 Å². The number of rotatable bonds is 9. The highest BCUT2D eigenvalue weighted by Crippen LogP contribution is 2.25. The van der Waals surface area contributed by atoms with Crippen LogP contribution in [0.3, 0.4) is 0 Å². The summed E-state index contributed by atoms with van der Waals surface area (Å²) in [6, 6.07) is 2.94. The Bertz CT molecular complexity index is 951. The van der Waals surface area contributed by atoms with Crippen LogP contribution in [0.2, 0.25) is 0 Å². The average molecular weight is 404 g/mol. The van der Waals surface area contributed by atoms with Crippen molar-refractivity contribution in [1.29, 1.82) is 0 Å². The number of methoxy groups -OCH3 is 1.